The molecule has 0 atom stereocenters. The molecule has 0 aromatic rings. The van der Waals surface area contributed by atoms with Crippen molar-refractivity contribution in [2.24, 2.45) is 0 Å². The van der Waals surface area contributed by atoms with Gasteiger partial charge in [0, 0.05) is 0 Å². The summed E-state index contributed by atoms with van der Waals surface area (Å²) in [7, 11) is 0. The molecular weight excluding hydrogens is 256 g/mol. The third-order valence-electron chi connectivity index (χ3n) is 1.32. The Bertz CT molecular complexity index is 34.8. The van der Waals surface area contributed by atoms with Gasteiger partial charge in [0.2, 0.25) is 0 Å². The van der Waals surface area contributed by atoms with Gasteiger partial charge in [-0.1, -0.05) is 32.1 Å². The molecule has 1 fully saturated rings. The van der Waals surface area contributed by atoms with Crippen molar-refractivity contribution in [2.75, 3.05) is 0 Å². The molecule has 1 radical (unpaired) electrons. The van der Waals surface area contributed by atoms with E-state index in [1.54, 1.807) is 0 Å². The minimum Gasteiger partial charge on any atom is -0.280 e. The van der Waals surface area contributed by atoms with E-state index in [1.807, 2.05) is 0 Å². The zero-order valence-corrected chi connectivity index (χ0v) is 10.2. The van der Waals surface area contributed by atoms with E-state index in [2.05, 4.69) is 32.2 Å². The second kappa shape index (κ2) is 9.73. The molecule has 1 rings (SSSR count). The summed E-state index contributed by atoms with van der Waals surface area (Å²) in [4.78, 5) is 0. The summed E-state index contributed by atoms with van der Waals surface area (Å²) < 4.78 is 0. The zero-order chi connectivity index (χ0) is 6.95. The van der Waals surface area contributed by atoms with Gasteiger partial charge >= 0.3 is 16.0 Å². The molecule has 1 aliphatic rings. The number of rotatable bonds is 0. The quantitative estimate of drug-likeness (QED) is 0.590. The van der Waals surface area contributed by atoms with Crippen molar-refractivity contribution in [3.8, 4) is 0 Å². The van der Waals surface area contributed by atoms with Crippen LogP contribution in [0.15, 0.2) is 0 Å². The van der Waals surface area contributed by atoms with Crippen LogP contribution in [0.4, 0.5) is 0 Å². The molecule has 0 spiro atoms. The molecule has 0 heterocycles. The van der Waals surface area contributed by atoms with Crippen molar-refractivity contribution in [3.05, 3.63) is 6.42 Å². The summed E-state index contributed by atoms with van der Waals surface area (Å²) in [6, 6.07) is 0. The van der Waals surface area contributed by atoms with E-state index in [4.69, 9.17) is 0 Å². The number of hydrogen-bond acceptors (Lipinski definition) is 0. The Morgan fingerprint density at radius 3 is 1.56 bits per heavy atom. The summed E-state index contributed by atoms with van der Waals surface area (Å²) in [5.74, 6) is 0. The highest BCUT2D eigenvalue weighted by Crippen LogP contribution is 2.14. The van der Waals surface area contributed by atoms with Crippen molar-refractivity contribution < 1.29 is 0 Å². The third-order valence-corrected chi connectivity index (χ3v) is 1.32. The van der Waals surface area contributed by atoms with Crippen LogP contribution < -0.4 is 0 Å². The highest BCUT2D eigenvalue weighted by molar-refractivity contribution is 9.47. The van der Waals surface area contributed by atoms with Crippen LogP contribution in [0.3, 0.4) is 0 Å². The predicted octanol–water partition coefficient (Wildman–Crippen LogP) is 3.47. The van der Waals surface area contributed by atoms with Crippen LogP contribution in [-0.4, -0.2) is 16.0 Å². The third kappa shape index (κ3) is 9.73. The van der Waals surface area contributed by atoms with Gasteiger partial charge in [0.05, 0.1) is 0 Å². The molecule has 0 saturated heterocycles. The maximum absolute atomic E-state index is 3.20. The molecule has 0 bridgehead atoms. The predicted molar refractivity (Wildman–Crippen MR) is 51.0 cm³/mol. The van der Waals surface area contributed by atoms with Crippen molar-refractivity contribution in [2.45, 2.75) is 32.1 Å². The zero-order valence-electron chi connectivity index (χ0n) is 5.58. The van der Waals surface area contributed by atoms with Gasteiger partial charge < -0.3 is 0 Å². The summed E-state index contributed by atoms with van der Waals surface area (Å²) in [6.07, 6.45) is 9.50. The van der Waals surface area contributed by atoms with Crippen LogP contribution in [-0.2, 0) is 0 Å². The lowest BCUT2D eigenvalue weighted by Crippen LogP contribution is -1.87. The van der Waals surface area contributed by atoms with Gasteiger partial charge in [-0.25, -0.2) is 0 Å². The van der Waals surface area contributed by atoms with Gasteiger partial charge in [0.25, 0.3) is 0 Å². The molecule has 3 heteroatoms. The molecule has 0 nitrogen and oxygen atoms in total. The smallest absolute Gasteiger partial charge is 0.280 e. The first-order valence-corrected chi connectivity index (χ1v) is 11.1. The largest absolute Gasteiger partial charge is 0.560 e. The summed E-state index contributed by atoms with van der Waals surface area (Å²) in [5, 5.41) is 0. The van der Waals surface area contributed by atoms with Crippen LogP contribution in [0.25, 0.3) is 0 Å². The Morgan fingerprint density at radius 2 is 1.44 bits per heavy atom. The minimum atomic E-state index is 0.0417. The topological polar surface area (TPSA) is 0 Å². The van der Waals surface area contributed by atoms with Gasteiger partial charge in [-0.05, 0) is 6.42 Å². The van der Waals surface area contributed by atoms with E-state index in [-0.39, 0.29) is 16.0 Å². The van der Waals surface area contributed by atoms with Gasteiger partial charge in [0.1, 0.15) is 0 Å². The Hall–Kier alpha value is 1.73. The van der Waals surface area contributed by atoms with Gasteiger partial charge in [0.15, 0.2) is 0 Å². The molecule has 9 heavy (non-hydrogen) atoms. The summed E-state index contributed by atoms with van der Waals surface area (Å²) in [6.45, 7) is 0. The van der Waals surface area contributed by atoms with Gasteiger partial charge in [-0.3, -0.25) is 25.8 Å². The Morgan fingerprint density at radius 1 is 1.00 bits per heavy atom. The van der Waals surface area contributed by atoms with E-state index in [1.165, 1.54) is 32.1 Å². The average molecular weight is 267 g/mol. The van der Waals surface area contributed by atoms with E-state index in [0.29, 0.717) is 0 Å². The van der Waals surface area contributed by atoms with Crippen molar-refractivity contribution in [1.29, 1.82) is 0 Å². The van der Waals surface area contributed by atoms with E-state index >= 15 is 0 Å². The first-order valence-electron chi connectivity index (χ1n) is 3.35. The monoisotopic (exact) mass is 265 g/mol. The second-order valence-electron chi connectivity index (χ2n) is 2.03. The van der Waals surface area contributed by atoms with E-state index < -0.39 is 0 Å². The van der Waals surface area contributed by atoms with Crippen LogP contribution >= 0.6 is 25.8 Å². The van der Waals surface area contributed by atoms with Gasteiger partial charge in [-0.15, -0.1) is 0 Å². The lowest BCUT2D eigenvalue weighted by atomic mass is 10.0. The van der Waals surface area contributed by atoms with Crippen molar-refractivity contribution in [1.82, 2.24) is 0 Å². The highest BCUT2D eigenvalue weighted by Gasteiger charge is 1.95. The lowest BCUT2D eigenvalue weighted by Gasteiger charge is -2.05. The van der Waals surface area contributed by atoms with E-state index in [0.717, 1.165) is 0 Å². The molecule has 1 aliphatic carbocycles. The molecule has 0 aromatic heterocycles. The molecule has 0 amide bonds. The number of halogens is 2. The fourth-order valence-corrected chi connectivity index (χ4v) is 0.898. The normalized spacial score (nSPS) is 17.1. The summed E-state index contributed by atoms with van der Waals surface area (Å²) >= 11 is 6.44. The van der Waals surface area contributed by atoms with Crippen LogP contribution in [0.1, 0.15) is 32.1 Å². The summed E-state index contributed by atoms with van der Waals surface area (Å²) in [5.41, 5.74) is 0. The average Bonchev–Trinajstić information content (AvgIpc) is 1.93. The Labute approximate surface area is 79.6 Å². The maximum atomic E-state index is 3.20. The van der Waals surface area contributed by atoms with Crippen molar-refractivity contribution in [3.63, 3.8) is 0 Å². The van der Waals surface area contributed by atoms with E-state index in [9.17, 15) is 0 Å². The Kier molecular flexibility index (Phi) is 11.6. The lowest BCUT2D eigenvalue weighted by molar-refractivity contribution is 0.593. The fourth-order valence-electron chi connectivity index (χ4n) is 0.898. The molecular formula is C6H11Br2Mg. The molecule has 0 unspecified atom stereocenters. The first kappa shape index (κ1) is 10.7. The first-order chi connectivity index (χ1) is 4.41. The molecule has 0 N–H and O–H groups in total. The van der Waals surface area contributed by atoms with Crippen LogP contribution in [0.2, 0.25) is 0 Å². The molecule has 0 aliphatic heterocycles. The van der Waals surface area contributed by atoms with Crippen LogP contribution in [0.5, 0.6) is 0 Å². The second-order valence-corrected chi connectivity index (χ2v) is 10.1. The SMILES string of the molecule is [Br][Mg][Br].[CH]1CCCCC1. The van der Waals surface area contributed by atoms with Gasteiger partial charge in [-0.2, -0.15) is 0 Å². The molecule has 1 saturated carbocycles. The van der Waals surface area contributed by atoms with Crippen LogP contribution in [0, 0.1) is 6.42 Å². The van der Waals surface area contributed by atoms with Crippen molar-refractivity contribution >= 4 is 41.8 Å². The number of hydrogen-bond donors (Lipinski definition) is 0. The minimum absolute atomic E-state index is 0.0417. The maximum Gasteiger partial charge on any atom is 0.560 e. The molecule has 51 valence electrons. The highest BCUT2D eigenvalue weighted by atomic mass is 79.9. The molecule has 0 aromatic carbocycles. The standard InChI is InChI=1S/C6H11.2BrH.Mg/c1-2-4-6-5-3-1;;;/h1H,2-6H2;2*1H;/q;;;+2/p-2. The Balaban J connectivity index is 0.000000187. The fraction of sp³-hybridized carbons (Fsp3) is 0.833.